The van der Waals surface area contributed by atoms with Crippen molar-refractivity contribution in [2.45, 2.75) is 38.1 Å². The molecule has 2 atom stereocenters. The Balaban J connectivity index is 1.62. The van der Waals surface area contributed by atoms with Crippen molar-refractivity contribution in [1.29, 1.82) is 0 Å². The van der Waals surface area contributed by atoms with Gasteiger partial charge >= 0.3 is 10.3 Å². The molecule has 1 amide bonds. The fourth-order valence-corrected chi connectivity index (χ4v) is 5.58. The monoisotopic (exact) mass is 564 g/mol. The summed E-state index contributed by atoms with van der Waals surface area (Å²) in [5.74, 6) is 0.0616. The van der Waals surface area contributed by atoms with Gasteiger partial charge in [-0.15, -0.1) is 11.3 Å². The summed E-state index contributed by atoms with van der Waals surface area (Å²) in [4.78, 5) is 18.7. The lowest BCUT2D eigenvalue weighted by Gasteiger charge is -2.23. The van der Waals surface area contributed by atoms with Gasteiger partial charge < -0.3 is 10.1 Å². The van der Waals surface area contributed by atoms with Crippen LogP contribution in [0.5, 0.6) is 5.75 Å². The molecule has 4 aromatic rings. The van der Waals surface area contributed by atoms with E-state index in [4.69, 9.17) is 14.3 Å². The van der Waals surface area contributed by atoms with Gasteiger partial charge in [0.05, 0.1) is 30.5 Å². The maximum atomic E-state index is 13.9. The first-order valence-electron chi connectivity index (χ1n) is 12.4. The second-order valence-electron chi connectivity index (χ2n) is 8.99. The topological polar surface area (TPSA) is 118 Å². The van der Waals surface area contributed by atoms with Crippen molar-refractivity contribution in [2.24, 2.45) is 0 Å². The Morgan fingerprint density at radius 3 is 2.54 bits per heavy atom. The molecule has 3 aromatic carbocycles. The van der Waals surface area contributed by atoms with Crippen LogP contribution in [0, 0.1) is 6.07 Å². The lowest BCUT2D eigenvalue weighted by molar-refractivity contribution is -0.123. The first-order chi connectivity index (χ1) is 18.7. The Bertz CT molecular complexity index is 1490. The normalized spacial score (nSPS) is 12.9. The van der Waals surface area contributed by atoms with Gasteiger partial charge in [-0.05, 0) is 66.3 Å². The molecule has 0 aliphatic rings. The predicted octanol–water partition coefficient (Wildman–Crippen LogP) is 5.16. The molecule has 0 aliphatic heterocycles. The first-order valence-corrected chi connectivity index (χ1v) is 14.7. The van der Waals surface area contributed by atoms with Gasteiger partial charge in [0.25, 0.3) is 0 Å². The average Bonchev–Trinajstić information content (AvgIpc) is 3.41. The molecule has 0 saturated carbocycles. The highest BCUT2D eigenvalue weighted by atomic mass is 32.2. The maximum absolute atomic E-state index is 13.9. The van der Waals surface area contributed by atoms with Gasteiger partial charge in [-0.2, -0.15) is 8.42 Å². The van der Waals surface area contributed by atoms with E-state index in [1.165, 1.54) is 23.5 Å². The summed E-state index contributed by atoms with van der Waals surface area (Å²) in [6.45, 7) is 2.03. The number of nitrogens with zero attached hydrogens (tertiary/aromatic N) is 1. The van der Waals surface area contributed by atoms with Gasteiger partial charge in [0, 0.05) is 5.38 Å². The first kappa shape index (κ1) is 28.3. The Labute approximate surface area is 233 Å². The van der Waals surface area contributed by atoms with Gasteiger partial charge in [-0.3, -0.25) is 14.1 Å². The lowest BCUT2D eigenvalue weighted by atomic mass is 9.90. The number of amides is 1. The number of aromatic nitrogens is 1. The molecule has 0 spiro atoms. The number of methoxy groups -OCH3 is 1. The summed E-state index contributed by atoms with van der Waals surface area (Å²) in [6.07, 6.45) is 1.68. The van der Waals surface area contributed by atoms with Crippen molar-refractivity contribution >= 4 is 33.2 Å². The zero-order valence-corrected chi connectivity index (χ0v) is 23.3. The lowest BCUT2D eigenvalue weighted by Crippen LogP contribution is -2.35. The van der Waals surface area contributed by atoms with E-state index in [0.717, 1.165) is 33.8 Å². The smallest absolute Gasteiger partial charge is 0.357 e. The van der Waals surface area contributed by atoms with E-state index in [-0.39, 0.29) is 11.6 Å². The number of hydrogen-bond acceptors (Lipinski definition) is 6. The maximum Gasteiger partial charge on any atom is 0.357 e. The number of nitrogens with one attached hydrogen (secondary N) is 2. The summed E-state index contributed by atoms with van der Waals surface area (Å²) < 4.78 is 38.7. The molecule has 4 rings (SSSR count). The van der Waals surface area contributed by atoms with Gasteiger partial charge in [-0.1, -0.05) is 55.5 Å². The van der Waals surface area contributed by atoms with Crippen LogP contribution in [0.15, 0.2) is 78.2 Å². The summed E-state index contributed by atoms with van der Waals surface area (Å²) in [5.41, 5.74) is 3.75. The van der Waals surface area contributed by atoms with E-state index in [0.29, 0.717) is 18.6 Å². The molecular formula is C29H30N3O5S2. The molecule has 39 heavy (non-hydrogen) atoms. The van der Waals surface area contributed by atoms with Crippen molar-refractivity contribution in [3.63, 3.8) is 0 Å². The quantitative estimate of drug-likeness (QED) is 0.205. The summed E-state index contributed by atoms with van der Waals surface area (Å²) in [7, 11) is -2.78. The number of benzene rings is 3. The molecule has 0 aliphatic carbocycles. The van der Waals surface area contributed by atoms with Crippen LogP contribution < -0.4 is 14.8 Å². The van der Waals surface area contributed by atoms with E-state index >= 15 is 0 Å². The third-order valence-electron chi connectivity index (χ3n) is 6.19. The van der Waals surface area contributed by atoms with E-state index in [1.54, 1.807) is 13.2 Å². The van der Waals surface area contributed by atoms with Crippen molar-refractivity contribution in [3.05, 3.63) is 112 Å². The van der Waals surface area contributed by atoms with Crippen molar-refractivity contribution < 1.29 is 22.5 Å². The van der Waals surface area contributed by atoms with Crippen LogP contribution in [0.3, 0.4) is 0 Å². The highest BCUT2D eigenvalue weighted by Gasteiger charge is 2.26. The number of ether oxygens (including phenoxy) is 1. The van der Waals surface area contributed by atoms with Crippen LogP contribution in [0.25, 0.3) is 0 Å². The molecule has 3 N–H and O–H groups in total. The predicted molar refractivity (Wildman–Crippen MR) is 152 cm³/mol. The van der Waals surface area contributed by atoms with Crippen molar-refractivity contribution in [3.8, 4) is 5.75 Å². The SMILES string of the molecule is CCc1csc(C(Cc2[c]cc(NS(=O)(=O)O)cc2)NC(=O)C(Cc2ccccc2)c2cccc(OC)c2)n1. The Hall–Kier alpha value is -3.73. The number of carbonyl (C=O) groups excluding carboxylic acids is 1. The van der Waals surface area contributed by atoms with Crippen LogP contribution >= 0.6 is 11.3 Å². The largest absolute Gasteiger partial charge is 0.497 e. The molecule has 0 bridgehead atoms. The van der Waals surface area contributed by atoms with Gasteiger partial charge in [-0.25, -0.2) is 4.98 Å². The van der Waals surface area contributed by atoms with E-state index in [2.05, 4.69) is 11.4 Å². The highest BCUT2D eigenvalue weighted by Crippen LogP contribution is 2.28. The number of hydrogen-bond donors (Lipinski definition) is 3. The molecule has 8 nitrogen and oxygen atoms in total. The van der Waals surface area contributed by atoms with E-state index < -0.39 is 22.3 Å². The van der Waals surface area contributed by atoms with Gasteiger partial charge in [0.1, 0.15) is 10.8 Å². The third-order valence-corrected chi connectivity index (χ3v) is 7.69. The summed E-state index contributed by atoms with van der Waals surface area (Å²) >= 11 is 1.49. The Kier molecular flexibility index (Phi) is 9.34. The molecule has 10 heteroatoms. The number of rotatable bonds is 12. The second-order valence-corrected chi connectivity index (χ2v) is 11.0. The number of anilines is 1. The zero-order chi connectivity index (χ0) is 27.8. The molecule has 203 valence electrons. The van der Waals surface area contributed by atoms with Crippen LogP contribution in [0.2, 0.25) is 0 Å². The summed E-state index contributed by atoms with van der Waals surface area (Å²) in [5, 5.41) is 5.99. The average molecular weight is 565 g/mol. The van der Waals surface area contributed by atoms with Crippen LogP contribution in [0.1, 0.15) is 46.3 Å². The summed E-state index contributed by atoms with van der Waals surface area (Å²) in [6, 6.07) is 24.7. The van der Waals surface area contributed by atoms with Crippen molar-refractivity contribution in [1.82, 2.24) is 10.3 Å². The van der Waals surface area contributed by atoms with Crippen LogP contribution in [-0.2, 0) is 34.4 Å². The van der Waals surface area contributed by atoms with E-state index in [1.807, 2.05) is 71.6 Å². The molecule has 0 saturated heterocycles. The van der Waals surface area contributed by atoms with Crippen LogP contribution in [-0.4, -0.2) is 31.0 Å². The van der Waals surface area contributed by atoms with E-state index in [9.17, 15) is 13.2 Å². The Morgan fingerprint density at radius 1 is 1.10 bits per heavy atom. The zero-order valence-electron chi connectivity index (χ0n) is 21.6. The highest BCUT2D eigenvalue weighted by molar-refractivity contribution is 7.87. The minimum absolute atomic E-state index is 0.144. The fraction of sp³-hybridized carbons (Fsp3) is 0.241. The van der Waals surface area contributed by atoms with Crippen LogP contribution in [0.4, 0.5) is 5.69 Å². The van der Waals surface area contributed by atoms with Gasteiger partial charge in [0.2, 0.25) is 5.91 Å². The Morgan fingerprint density at radius 2 is 1.90 bits per heavy atom. The molecule has 1 heterocycles. The molecule has 0 fully saturated rings. The van der Waals surface area contributed by atoms with Crippen molar-refractivity contribution in [2.75, 3.05) is 11.8 Å². The number of aryl methyl sites for hydroxylation is 1. The minimum Gasteiger partial charge on any atom is -0.497 e. The molecule has 1 aromatic heterocycles. The fourth-order valence-electron chi connectivity index (χ4n) is 4.20. The minimum atomic E-state index is -4.38. The third kappa shape index (κ3) is 8.13. The number of thiazole rings is 1. The second kappa shape index (κ2) is 12.9. The molecule has 1 radical (unpaired) electrons. The standard InChI is InChI=1S/C29H30N3O5S2/c1-3-23-19-38-29(30-23)27(17-21-12-14-24(15-13-21)32-39(34,35)36)31-28(33)26(16-20-8-5-4-6-9-20)22-10-7-11-25(18-22)37-2/h4-12,14-15,18-19,26-27,32H,3,16-17H2,1-2H3,(H,31,33)(H,34,35,36). The van der Waals surface area contributed by atoms with Gasteiger partial charge in [0.15, 0.2) is 0 Å². The molecular weight excluding hydrogens is 534 g/mol. The number of carbonyl (C=O) groups is 1. The molecule has 2 unspecified atom stereocenters.